The highest BCUT2D eigenvalue weighted by atomic mass is 32.2. The summed E-state index contributed by atoms with van der Waals surface area (Å²) >= 11 is 5.81. The van der Waals surface area contributed by atoms with Crippen LogP contribution in [-0.4, -0.2) is 36.4 Å². The van der Waals surface area contributed by atoms with Gasteiger partial charge in [-0.3, -0.25) is 9.71 Å². The number of hydrogen-bond donors (Lipinski definition) is 2. The second-order valence-corrected chi connectivity index (χ2v) is 12.1. The number of alkyl halides is 3. The third-order valence-electron chi connectivity index (χ3n) is 7.08. The van der Waals surface area contributed by atoms with Gasteiger partial charge in [0.2, 0.25) is 10.0 Å². The lowest BCUT2D eigenvalue weighted by molar-refractivity contribution is -0.137. The van der Waals surface area contributed by atoms with Crippen molar-refractivity contribution in [2.45, 2.75) is 32.1 Å². The highest BCUT2D eigenvalue weighted by Gasteiger charge is 2.42. The van der Waals surface area contributed by atoms with Gasteiger partial charge in [0.1, 0.15) is 5.75 Å². The monoisotopic (exact) mass is 615 g/mol. The first-order chi connectivity index (χ1) is 19.8. The van der Waals surface area contributed by atoms with Crippen LogP contribution < -0.4 is 19.7 Å². The zero-order valence-corrected chi connectivity index (χ0v) is 24.7. The van der Waals surface area contributed by atoms with E-state index in [0.29, 0.717) is 27.9 Å². The van der Waals surface area contributed by atoms with Crippen LogP contribution in [0.2, 0.25) is 0 Å². The van der Waals surface area contributed by atoms with Crippen molar-refractivity contribution in [2.24, 2.45) is 0 Å². The quantitative estimate of drug-likeness (QED) is 0.244. The first-order valence-electron chi connectivity index (χ1n) is 12.8. The Morgan fingerprint density at radius 1 is 1.02 bits per heavy atom. The number of rotatable bonds is 7. The number of nitrogens with one attached hydrogen (secondary N) is 2. The SMILES string of the molecule is COc1ccc(N2C(=S)NC(c3ccccn3)C2c2cc(C)n(-c3cccc(C(F)(F)F)c3)c2C)cc1NS(C)(=O)=O. The van der Waals surface area contributed by atoms with Gasteiger partial charge in [-0.25, -0.2) is 8.42 Å². The number of nitrogens with zero attached hydrogens (tertiary/aromatic N) is 3. The number of hydrogen-bond acceptors (Lipinski definition) is 5. The maximum atomic E-state index is 13.5. The third-order valence-corrected chi connectivity index (χ3v) is 7.98. The zero-order chi connectivity index (χ0) is 30.4. The Bertz CT molecular complexity index is 1760. The number of ether oxygens (including phenoxy) is 1. The molecule has 8 nitrogen and oxygen atoms in total. The first kappa shape index (κ1) is 29.4. The van der Waals surface area contributed by atoms with Crippen LogP contribution in [0.1, 0.15) is 40.3 Å². The topological polar surface area (TPSA) is 88.5 Å². The number of aromatic nitrogens is 2. The van der Waals surface area contributed by atoms with E-state index in [9.17, 15) is 21.6 Å². The van der Waals surface area contributed by atoms with E-state index >= 15 is 0 Å². The molecular formula is C29H28F3N5O3S2. The molecule has 1 aliphatic heterocycles. The van der Waals surface area contributed by atoms with Crippen molar-refractivity contribution >= 4 is 38.7 Å². The second-order valence-electron chi connectivity index (χ2n) is 9.97. The second kappa shape index (κ2) is 11.0. The van der Waals surface area contributed by atoms with Crippen molar-refractivity contribution < 1.29 is 26.3 Å². The fraction of sp³-hybridized carbons (Fsp3) is 0.241. The lowest BCUT2D eigenvalue weighted by Gasteiger charge is -2.29. The summed E-state index contributed by atoms with van der Waals surface area (Å²) < 4.78 is 74.5. The molecule has 13 heteroatoms. The molecule has 0 saturated carbocycles. The first-order valence-corrected chi connectivity index (χ1v) is 15.1. The third kappa shape index (κ3) is 5.66. The van der Waals surface area contributed by atoms with E-state index in [4.69, 9.17) is 17.0 Å². The molecule has 3 heterocycles. The van der Waals surface area contributed by atoms with Crippen LogP contribution >= 0.6 is 12.2 Å². The predicted octanol–water partition coefficient (Wildman–Crippen LogP) is 6.07. The average molecular weight is 616 g/mol. The smallest absolute Gasteiger partial charge is 0.416 e. The van der Waals surface area contributed by atoms with Crippen molar-refractivity contribution in [3.8, 4) is 11.4 Å². The number of methoxy groups -OCH3 is 1. The molecule has 2 aromatic carbocycles. The molecule has 4 aromatic rings. The molecule has 1 saturated heterocycles. The molecule has 0 bridgehead atoms. The predicted molar refractivity (Wildman–Crippen MR) is 160 cm³/mol. The molecule has 42 heavy (non-hydrogen) atoms. The van der Waals surface area contributed by atoms with Gasteiger partial charge in [-0.05, 0) is 86.2 Å². The van der Waals surface area contributed by atoms with Gasteiger partial charge in [0.05, 0.1) is 42.4 Å². The fourth-order valence-corrected chi connectivity index (χ4v) is 6.28. The molecular weight excluding hydrogens is 587 g/mol. The molecule has 0 spiro atoms. The lowest BCUT2D eigenvalue weighted by atomic mass is 9.96. The summed E-state index contributed by atoms with van der Waals surface area (Å²) in [5.74, 6) is 0.322. The molecule has 0 amide bonds. The number of thiocarbonyl (C=S) groups is 1. The number of anilines is 2. The molecule has 1 aliphatic rings. The van der Waals surface area contributed by atoms with Gasteiger partial charge >= 0.3 is 6.18 Å². The van der Waals surface area contributed by atoms with Crippen LogP contribution in [0.25, 0.3) is 5.69 Å². The van der Waals surface area contributed by atoms with E-state index in [-0.39, 0.29) is 5.69 Å². The molecule has 0 aliphatic carbocycles. The number of pyridine rings is 1. The summed E-state index contributed by atoms with van der Waals surface area (Å²) in [4.78, 5) is 6.42. The molecule has 5 rings (SSSR count). The molecule has 2 atom stereocenters. The number of sulfonamides is 1. The van der Waals surface area contributed by atoms with Gasteiger partial charge in [0, 0.05) is 29.0 Å². The summed E-state index contributed by atoms with van der Waals surface area (Å²) in [6.07, 6.45) is -1.76. The van der Waals surface area contributed by atoms with Gasteiger partial charge in [-0.1, -0.05) is 12.1 Å². The van der Waals surface area contributed by atoms with E-state index in [1.807, 2.05) is 36.9 Å². The standard InChI is InChI=1S/C29H28F3N5O3S2/c1-17-14-22(18(2)36(17)20-9-7-8-19(15-20)29(30,31)32)27-26(23-10-5-6-13-33-23)34-28(41)37(27)21-11-12-25(40-3)24(16-21)35-42(4,38)39/h5-16,26-27,35H,1-4H3,(H,34,41). The molecule has 1 fully saturated rings. The summed E-state index contributed by atoms with van der Waals surface area (Å²) in [7, 11) is -2.19. The fourth-order valence-electron chi connectivity index (χ4n) is 5.38. The maximum Gasteiger partial charge on any atom is 0.416 e. The molecule has 0 radical (unpaired) electrons. The average Bonchev–Trinajstić information content (AvgIpc) is 3.42. The Hall–Kier alpha value is -4.10. The minimum Gasteiger partial charge on any atom is -0.495 e. The van der Waals surface area contributed by atoms with Crippen LogP contribution in [-0.2, 0) is 16.2 Å². The van der Waals surface area contributed by atoms with Crippen molar-refractivity contribution in [2.75, 3.05) is 23.0 Å². The minimum absolute atomic E-state index is 0.231. The maximum absolute atomic E-state index is 13.5. The highest BCUT2D eigenvalue weighted by molar-refractivity contribution is 7.92. The van der Waals surface area contributed by atoms with E-state index < -0.39 is 33.8 Å². The van der Waals surface area contributed by atoms with Crippen molar-refractivity contribution in [1.29, 1.82) is 0 Å². The Morgan fingerprint density at radius 2 is 1.79 bits per heavy atom. The summed E-state index contributed by atoms with van der Waals surface area (Å²) in [6, 6.07) is 16.8. The van der Waals surface area contributed by atoms with Gasteiger partial charge in [0.15, 0.2) is 5.11 Å². The lowest BCUT2D eigenvalue weighted by Crippen LogP contribution is -2.29. The van der Waals surface area contributed by atoms with Gasteiger partial charge in [-0.2, -0.15) is 13.2 Å². The van der Waals surface area contributed by atoms with Crippen LogP contribution in [0.5, 0.6) is 5.75 Å². The van der Waals surface area contributed by atoms with E-state index in [0.717, 1.165) is 35.3 Å². The molecule has 220 valence electrons. The Morgan fingerprint density at radius 3 is 2.43 bits per heavy atom. The van der Waals surface area contributed by atoms with Gasteiger partial charge in [-0.15, -0.1) is 0 Å². The van der Waals surface area contributed by atoms with Crippen LogP contribution in [0.3, 0.4) is 0 Å². The number of aryl methyl sites for hydroxylation is 1. The zero-order valence-electron chi connectivity index (χ0n) is 23.1. The Balaban J connectivity index is 1.68. The van der Waals surface area contributed by atoms with Crippen LogP contribution in [0.4, 0.5) is 24.5 Å². The van der Waals surface area contributed by atoms with Crippen molar-refractivity contribution in [1.82, 2.24) is 14.9 Å². The Labute approximate surface area is 247 Å². The van der Waals surface area contributed by atoms with Gasteiger partial charge in [0.25, 0.3) is 0 Å². The molecule has 2 unspecified atom stereocenters. The summed E-state index contributed by atoms with van der Waals surface area (Å²) in [5, 5.41) is 3.73. The normalized spacial score (nSPS) is 17.3. The highest BCUT2D eigenvalue weighted by Crippen LogP contribution is 2.45. The summed E-state index contributed by atoms with van der Waals surface area (Å²) in [6.45, 7) is 3.68. The van der Waals surface area contributed by atoms with E-state index in [1.165, 1.54) is 13.2 Å². The van der Waals surface area contributed by atoms with E-state index in [2.05, 4.69) is 15.0 Å². The largest absolute Gasteiger partial charge is 0.495 e. The van der Waals surface area contributed by atoms with Crippen molar-refractivity contribution in [3.05, 3.63) is 101 Å². The number of benzene rings is 2. The minimum atomic E-state index is -4.48. The molecule has 2 aromatic heterocycles. The Kier molecular flexibility index (Phi) is 7.66. The van der Waals surface area contributed by atoms with Crippen LogP contribution in [0.15, 0.2) is 72.9 Å². The molecule has 2 N–H and O–H groups in total. The van der Waals surface area contributed by atoms with E-state index in [1.54, 1.807) is 41.1 Å². The van der Waals surface area contributed by atoms with Gasteiger partial charge < -0.3 is 19.5 Å². The summed E-state index contributed by atoms with van der Waals surface area (Å²) in [5.41, 5.74) is 3.41. The number of halogens is 3. The van der Waals surface area contributed by atoms with Crippen LogP contribution in [0, 0.1) is 13.8 Å². The van der Waals surface area contributed by atoms with Crippen molar-refractivity contribution in [3.63, 3.8) is 0 Å².